The molecule has 6 aromatic rings. The Balaban J connectivity index is 1.18. The fourth-order valence-electron chi connectivity index (χ4n) is 10.1. The molecular weight excluding hydrogens is 649 g/mol. The molecule has 0 saturated heterocycles. The van der Waals surface area contributed by atoms with Crippen molar-refractivity contribution in [2.45, 2.75) is 77.6 Å². The summed E-state index contributed by atoms with van der Waals surface area (Å²) in [6, 6.07) is 37.5. The number of para-hydroxylation sites is 5. The van der Waals surface area contributed by atoms with E-state index < -0.39 is 0 Å². The molecule has 53 heavy (non-hydrogen) atoms. The van der Waals surface area contributed by atoms with Crippen LogP contribution in [0.5, 0.6) is 34.5 Å². The molecule has 0 bridgehead atoms. The van der Waals surface area contributed by atoms with Gasteiger partial charge in [-0.3, -0.25) is 0 Å². The Labute approximate surface area is 312 Å². The molecule has 1 aliphatic carbocycles. The summed E-state index contributed by atoms with van der Waals surface area (Å²) in [4.78, 5) is 2.54. The summed E-state index contributed by atoms with van der Waals surface area (Å²) in [6.07, 6.45) is 3.30. The molecule has 1 atom stereocenters. The number of aryl methyl sites for hydroxylation is 2. The SMILES string of the molecule is Cc1cc2c3c(c1)C(Cc1cc4c(cc1C)C(C)(C)CCC4(C)C)c1cc4c(cc1B3N1c3ccccc3Oc3cccc-2c31)Oc1ccccc1O4. The molecule has 11 rings (SSSR count). The van der Waals surface area contributed by atoms with E-state index in [0.29, 0.717) is 0 Å². The second-order valence-corrected chi connectivity index (χ2v) is 17.2. The van der Waals surface area contributed by atoms with Crippen LogP contribution < -0.4 is 29.9 Å². The quantitative estimate of drug-likeness (QED) is 0.169. The molecular formula is C48H42BNO3. The Morgan fingerprint density at radius 1 is 0.623 bits per heavy atom. The third-order valence-electron chi connectivity index (χ3n) is 13.0. The van der Waals surface area contributed by atoms with Crippen LogP contribution in [0.2, 0.25) is 0 Å². The first-order valence-electron chi connectivity index (χ1n) is 19.2. The monoisotopic (exact) mass is 691 g/mol. The molecule has 0 fully saturated rings. The van der Waals surface area contributed by atoms with Crippen LogP contribution in [-0.4, -0.2) is 6.85 Å². The van der Waals surface area contributed by atoms with Crippen LogP contribution in [-0.2, 0) is 17.3 Å². The number of rotatable bonds is 2. The summed E-state index contributed by atoms with van der Waals surface area (Å²) >= 11 is 0. The molecule has 6 aromatic carbocycles. The Kier molecular flexibility index (Phi) is 6.23. The molecule has 260 valence electrons. The fraction of sp³-hybridized carbons (Fsp3) is 0.250. The molecule has 0 saturated carbocycles. The van der Waals surface area contributed by atoms with Gasteiger partial charge in [-0.1, -0.05) is 93.9 Å². The highest BCUT2D eigenvalue weighted by atomic mass is 16.6. The van der Waals surface area contributed by atoms with E-state index in [0.717, 1.165) is 52.3 Å². The normalized spacial score (nSPS) is 18.4. The molecule has 4 nitrogen and oxygen atoms in total. The van der Waals surface area contributed by atoms with Gasteiger partial charge in [0.15, 0.2) is 28.7 Å². The van der Waals surface area contributed by atoms with Gasteiger partial charge in [-0.25, -0.2) is 0 Å². The van der Waals surface area contributed by atoms with Crippen molar-refractivity contribution in [2.75, 3.05) is 4.81 Å². The van der Waals surface area contributed by atoms with Gasteiger partial charge in [0, 0.05) is 11.5 Å². The number of hydrogen-bond donors (Lipinski definition) is 0. The second kappa shape index (κ2) is 10.6. The highest BCUT2D eigenvalue weighted by molar-refractivity contribution is 6.92. The minimum atomic E-state index is -0.0824. The van der Waals surface area contributed by atoms with E-state index in [2.05, 4.69) is 125 Å². The van der Waals surface area contributed by atoms with Crippen molar-refractivity contribution in [1.29, 1.82) is 0 Å². The molecule has 0 amide bonds. The lowest BCUT2D eigenvalue weighted by Crippen LogP contribution is -2.62. The van der Waals surface area contributed by atoms with Gasteiger partial charge in [0.05, 0.1) is 11.4 Å². The average Bonchev–Trinajstić information content (AvgIpc) is 3.14. The van der Waals surface area contributed by atoms with Crippen LogP contribution in [0.25, 0.3) is 11.1 Å². The maximum atomic E-state index is 6.65. The summed E-state index contributed by atoms with van der Waals surface area (Å²) in [5.41, 5.74) is 17.4. The van der Waals surface area contributed by atoms with Crippen molar-refractivity contribution in [2.24, 2.45) is 0 Å². The smallest absolute Gasteiger partial charge is 0.329 e. The number of benzene rings is 6. The molecule has 5 aliphatic rings. The minimum absolute atomic E-state index is 0.0824. The van der Waals surface area contributed by atoms with Gasteiger partial charge in [0.1, 0.15) is 5.75 Å². The maximum absolute atomic E-state index is 6.65. The number of ether oxygens (including phenoxy) is 3. The van der Waals surface area contributed by atoms with E-state index in [1.165, 1.54) is 73.8 Å². The van der Waals surface area contributed by atoms with Gasteiger partial charge < -0.3 is 19.0 Å². The average molecular weight is 692 g/mol. The van der Waals surface area contributed by atoms with Crippen LogP contribution in [0.15, 0.2) is 103 Å². The zero-order valence-corrected chi connectivity index (χ0v) is 31.3. The third-order valence-corrected chi connectivity index (χ3v) is 13.0. The molecule has 1 unspecified atom stereocenters. The summed E-state index contributed by atoms with van der Waals surface area (Å²) < 4.78 is 19.9. The Bertz CT molecular complexity index is 2580. The number of nitrogens with zero attached hydrogens (tertiary/aromatic N) is 1. The molecule has 4 heterocycles. The summed E-state index contributed by atoms with van der Waals surface area (Å²) in [5.74, 6) is 4.89. The molecule has 4 aliphatic heterocycles. The van der Waals surface area contributed by atoms with Crippen molar-refractivity contribution in [3.63, 3.8) is 0 Å². The first-order chi connectivity index (χ1) is 25.6. The summed E-state index contributed by atoms with van der Waals surface area (Å²) in [6.45, 7) is 14.2. The first kappa shape index (κ1) is 31.1. The lowest BCUT2D eigenvalue weighted by atomic mass is 9.39. The largest absolute Gasteiger partial charge is 0.453 e. The predicted octanol–water partition coefficient (Wildman–Crippen LogP) is 11.3. The van der Waals surface area contributed by atoms with Crippen molar-refractivity contribution in [1.82, 2.24) is 0 Å². The van der Waals surface area contributed by atoms with E-state index in [1.54, 1.807) is 0 Å². The van der Waals surface area contributed by atoms with E-state index in [9.17, 15) is 0 Å². The number of hydrogen-bond acceptors (Lipinski definition) is 4. The Morgan fingerprint density at radius 3 is 2.02 bits per heavy atom. The first-order valence-corrected chi connectivity index (χ1v) is 19.2. The highest BCUT2D eigenvalue weighted by Gasteiger charge is 2.49. The van der Waals surface area contributed by atoms with Gasteiger partial charge in [-0.2, -0.15) is 0 Å². The Morgan fingerprint density at radius 2 is 1.26 bits per heavy atom. The fourth-order valence-corrected chi connectivity index (χ4v) is 10.1. The van der Waals surface area contributed by atoms with Gasteiger partial charge in [-0.15, -0.1) is 0 Å². The zero-order valence-electron chi connectivity index (χ0n) is 31.3. The molecule has 0 N–H and O–H groups in total. The van der Waals surface area contributed by atoms with Crippen LogP contribution in [0.1, 0.15) is 85.4 Å². The highest BCUT2D eigenvalue weighted by Crippen LogP contribution is 2.56. The summed E-state index contributed by atoms with van der Waals surface area (Å²) in [5, 5.41) is 0. The van der Waals surface area contributed by atoms with E-state index >= 15 is 0 Å². The van der Waals surface area contributed by atoms with Crippen LogP contribution in [0, 0.1) is 13.8 Å². The van der Waals surface area contributed by atoms with E-state index in [4.69, 9.17) is 14.2 Å². The summed E-state index contributed by atoms with van der Waals surface area (Å²) in [7, 11) is 0. The van der Waals surface area contributed by atoms with Crippen molar-refractivity contribution < 1.29 is 14.2 Å². The van der Waals surface area contributed by atoms with Gasteiger partial charge in [0.25, 0.3) is 0 Å². The topological polar surface area (TPSA) is 30.9 Å². The minimum Gasteiger partial charge on any atom is -0.453 e. The van der Waals surface area contributed by atoms with Gasteiger partial charge >= 0.3 is 6.85 Å². The predicted molar refractivity (Wildman–Crippen MR) is 215 cm³/mol. The van der Waals surface area contributed by atoms with E-state index in [-0.39, 0.29) is 23.6 Å². The lowest BCUT2D eigenvalue weighted by molar-refractivity contribution is 0.331. The van der Waals surface area contributed by atoms with E-state index in [1.807, 2.05) is 24.3 Å². The van der Waals surface area contributed by atoms with Crippen molar-refractivity contribution in [3.05, 3.63) is 142 Å². The molecule has 5 heteroatoms. The van der Waals surface area contributed by atoms with Crippen LogP contribution >= 0.6 is 0 Å². The lowest BCUT2D eigenvalue weighted by Gasteiger charge is -2.47. The maximum Gasteiger partial charge on any atom is 0.329 e. The Hall–Kier alpha value is -5.42. The van der Waals surface area contributed by atoms with Gasteiger partial charge in [-0.05, 0) is 136 Å². The number of anilines is 2. The van der Waals surface area contributed by atoms with Crippen LogP contribution in [0.4, 0.5) is 11.4 Å². The number of fused-ring (bicyclic) bond motifs is 9. The zero-order chi connectivity index (χ0) is 36.0. The van der Waals surface area contributed by atoms with Crippen molar-refractivity contribution >= 4 is 29.1 Å². The van der Waals surface area contributed by atoms with Crippen molar-refractivity contribution in [3.8, 4) is 45.6 Å². The third kappa shape index (κ3) is 4.37. The molecule has 0 radical (unpaired) electrons. The van der Waals surface area contributed by atoms with Gasteiger partial charge in [0.2, 0.25) is 0 Å². The standard InChI is InChI=1S/C48H42BNO3/c1-27-20-33-30-12-11-17-42-46(30)50(38-13-7-8-14-39(38)51-42)49-37-26-44-43(52-40-15-9-10-16-41(40)53-44)25-32(37)31(34(21-27)45(33)49)23-29-24-36-35(22-28(29)2)47(3,4)18-19-48(36,5)6/h7-17,20-22,24-26,31H,18-19,23H2,1-6H3. The second-order valence-electron chi connectivity index (χ2n) is 17.2. The molecule has 0 spiro atoms. The molecule has 0 aromatic heterocycles. The van der Waals surface area contributed by atoms with Crippen LogP contribution in [0.3, 0.4) is 0 Å².